The van der Waals surface area contributed by atoms with Gasteiger partial charge in [-0.1, -0.05) is 0 Å². The second kappa shape index (κ2) is 5.19. The van der Waals surface area contributed by atoms with Gasteiger partial charge in [0, 0.05) is 37.5 Å². The molecule has 6 heteroatoms. The molecule has 0 bridgehead atoms. The van der Waals surface area contributed by atoms with Gasteiger partial charge in [0.15, 0.2) is 0 Å². The van der Waals surface area contributed by atoms with Gasteiger partial charge in [0.25, 0.3) is 5.91 Å². The first-order chi connectivity index (χ1) is 9.13. The summed E-state index contributed by atoms with van der Waals surface area (Å²) in [5.41, 5.74) is 0.576. The smallest absolute Gasteiger partial charge is 0.273 e. The molecule has 2 aliphatic heterocycles. The number of fused-ring (bicyclic) bond motifs is 1. The highest BCUT2D eigenvalue weighted by molar-refractivity contribution is 7.09. The average Bonchev–Trinajstić information content (AvgIpc) is 2.92. The number of amides is 1. The molecule has 0 N–H and O–H groups in total. The number of aryl methyl sites for hydroxylation is 1. The Morgan fingerprint density at radius 2 is 2.32 bits per heavy atom. The third-order valence-corrected chi connectivity index (χ3v) is 4.63. The molecular formula is C13H19N3O2S. The molecule has 1 aromatic heterocycles. The fraction of sp³-hybridized carbons (Fsp3) is 0.692. The summed E-state index contributed by atoms with van der Waals surface area (Å²) in [6.45, 7) is 6.15. The van der Waals surface area contributed by atoms with Crippen molar-refractivity contribution in [3.05, 3.63) is 16.1 Å². The van der Waals surface area contributed by atoms with E-state index in [2.05, 4.69) is 16.9 Å². The molecule has 5 nitrogen and oxygen atoms in total. The van der Waals surface area contributed by atoms with Gasteiger partial charge in [0.05, 0.1) is 17.7 Å². The summed E-state index contributed by atoms with van der Waals surface area (Å²) >= 11 is 1.52. The lowest BCUT2D eigenvalue weighted by Crippen LogP contribution is -2.32. The monoisotopic (exact) mass is 281 g/mol. The highest BCUT2D eigenvalue weighted by Gasteiger charge is 2.38. The minimum atomic E-state index is 0.0451. The van der Waals surface area contributed by atoms with Crippen LogP contribution in [0.1, 0.15) is 15.5 Å². The molecule has 19 heavy (non-hydrogen) atoms. The Hall–Kier alpha value is -0.980. The molecule has 0 aliphatic carbocycles. The van der Waals surface area contributed by atoms with E-state index in [1.165, 1.54) is 11.3 Å². The molecule has 0 aromatic carbocycles. The molecule has 0 saturated carbocycles. The maximum Gasteiger partial charge on any atom is 0.273 e. The van der Waals surface area contributed by atoms with Crippen LogP contribution in [-0.4, -0.2) is 66.6 Å². The largest absolute Gasteiger partial charge is 0.375 e. The van der Waals surface area contributed by atoms with E-state index in [-0.39, 0.29) is 12.0 Å². The number of thiazole rings is 1. The lowest BCUT2D eigenvalue weighted by molar-refractivity contribution is 0.0486. The molecule has 104 valence electrons. The van der Waals surface area contributed by atoms with Crippen molar-refractivity contribution in [2.45, 2.75) is 13.0 Å². The van der Waals surface area contributed by atoms with Gasteiger partial charge >= 0.3 is 0 Å². The van der Waals surface area contributed by atoms with Crippen molar-refractivity contribution in [2.24, 2.45) is 5.92 Å². The topological polar surface area (TPSA) is 45.7 Å². The molecular weight excluding hydrogens is 262 g/mol. The lowest BCUT2D eigenvalue weighted by Gasteiger charge is -2.18. The number of likely N-dealkylation sites (tertiary alicyclic amines) is 1. The van der Waals surface area contributed by atoms with Crippen LogP contribution in [0.15, 0.2) is 5.38 Å². The van der Waals surface area contributed by atoms with E-state index in [4.69, 9.17) is 4.74 Å². The first kappa shape index (κ1) is 13.0. The van der Waals surface area contributed by atoms with E-state index >= 15 is 0 Å². The molecule has 2 atom stereocenters. The van der Waals surface area contributed by atoms with Crippen molar-refractivity contribution >= 4 is 17.2 Å². The summed E-state index contributed by atoms with van der Waals surface area (Å²) < 4.78 is 5.87. The second-order valence-electron chi connectivity index (χ2n) is 5.39. The minimum absolute atomic E-state index is 0.0451. The van der Waals surface area contributed by atoms with Crippen LogP contribution in [0.25, 0.3) is 0 Å². The summed E-state index contributed by atoms with van der Waals surface area (Å²) in [4.78, 5) is 20.8. The number of aromatic nitrogens is 1. The summed E-state index contributed by atoms with van der Waals surface area (Å²) in [6, 6.07) is 0. The summed E-state index contributed by atoms with van der Waals surface area (Å²) in [6.07, 6.45) is 0.189. The first-order valence-corrected chi connectivity index (χ1v) is 7.53. The molecule has 2 fully saturated rings. The molecule has 0 radical (unpaired) electrons. The molecule has 1 aromatic rings. The Bertz CT molecular complexity index is 476. The number of ether oxygens (including phenoxy) is 1. The Balaban J connectivity index is 1.70. The quantitative estimate of drug-likeness (QED) is 0.766. The third-order valence-electron chi connectivity index (χ3n) is 3.86. The van der Waals surface area contributed by atoms with Gasteiger partial charge in [0.1, 0.15) is 5.69 Å². The van der Waals surface area contributed by atoms with Crippen molar-refractivity contribution < 1.29 is 9.53 Å². The molecule has 3 heterocycles. The van der Waals surface area contributed by atoms with Crippen molar-refractivity contribution in [2.75, 3.05) is 39.8 Å². The standard InChI is InChI=1S/C13H19N3O2S/c1-9-14-11(8-19-9)13(17)16-6-10-5-15(2)3-4-18-12(10)7-16/h8,10,12H,3-7H2,1-2H3/t10-,12+/m0/s1. The van der Waals surface area contributed by atoms with Crippen LogP contribution in [0.4, 0.5) is 0 Å². The highest BCUT2D eigenvalue weighted by Crippen LogP contribution is 2.24. The number of rotatable bonds is 1. The normalized spacial score (nSPS) is 28.2. The Morgan fingerprint density at radius 3 is 3.05 bits per heavy atom. The van der Waals surface area contributed by atoms with Gasteiger partial charge in [-0.15, -0.1) is 11.3 Å². The number of carbonyl (C=O) groups is 1. The molecule has 2 saturated heterocycles. The van der Waals surface area contributed by atoms with Crippen LogP contribution in [0.5, 0.6) is 0 Å². The number of likely N-dealkylation sites (N-methyl/N-ethyl adjacent to an activating group) is 1. The summed E-state index contributed by atoms with van der Waals surface area (Å²) in [5.74, 6) is 0.472. The number of hydrogen-bond donors (Lipinski definition) is 0. The van der Waals surface area contributed by atoms with Crippen molar-refractivity contribution in [3.8, 4) is 0 Å². The van der Waals surface area contributed by atoms with E-state index in [9.17, 15) is 4.79 Å². The van der Waals surface area contributed by atoms with E-state index in [0.717, 1.165) is 31.2 Å². The minimum Gasteiger partial charge on any atom is -0.375 e. The molecule has 0 unspecified atom stereocenters. The van der Waals surface area contributed by atoms with Gasteiger partial charge in [0.2, 0.25) is 0 Å². The lowest BCUT2D eigenvalue weighted by atomic mass is 10.1. The Labute approximate surface area is 117 Å². The van der Waals surface area contributed by atoms with Crippen LogP contribution >= 0.6 is 11.3 Å². The van der Waals surface area contributed by atoms with Crippen molar-refractivity contribution in [1.29, 1.82) is 0 Å². The van der Waals surface area contributed by atoms with E-state index in [0.29, 0.717) is 18.2 Å². The molecule has 0 spiro atoms. The average molecular weight is 281 g/mol. The van der Waals surface area contributed by atoms with Crippen LogP contribution in [0.3, 0.4) is 0 Å². The predicted octanol–water partition coefficient (Wildman–Crippen LogP) is 0.854. The van der Waals surface area contributed by atoms with Gasteiger partial charge in [-0.25, -0.2) is 4.98 Å². The number of hydrogen-bond acceptors (Lipinski definition) is 5. The van der Waals surface area contributed by atoms with Crippen LogP contribution < -0.4 is 0 Å². The van der Waals surface area contributed by atoms with Gasteiger partial charge in [-0.3, -0.25) is 4.79 Å². The molecule has 3 rings (SSSR count). The van der Waals surface area contributed by atoms with Gasteiger partial charge < -0.3 is 14.5 Å². The first-order valence-electron chi connectivity index (χ1n) is 6.65. The van der Waals surface area contributed by atoms with E-state index < -0.39 is 0 Å². The summed E-state index contributed by atoms with van der Waals surface area (Å²) in [5, 5.41) is 2.78. The van der Waals surface area contributed by atoms with Crippen molar-refractivity contribution in [1.82, 2.24) is 14.8 Å². The zero-order valence-electron chi connectivity index (χ0n) is 11.3. The van der Waals surface area contributed by atoms with Gasteiger partial charge in [-0.2, -0.15) is 0 Å². The van der Waals surface area contributed by atoms with Gasteiger partial charge in [-0.05, 0) is 14.0 Å². The summed E-state index contributed by atoms with van der Waals surface area (Å²) in [7, 11) is 2.11. The molecule has 1 amide bonds. The Morgan fingerprint density at radius 1 is 1.47 bits per heavy atom. The van der Waals surface area contributed by atoms with E-state index in [1.807, 2.05) is 17.2 Å². The third kappa shape index (κ3) is 2.66. The number of nitrogens with zero attached hydrogens (tertiary/aromatic N) is 3. The fourth-order valence-corrected chi connectivity index (χ4v) is 3.43. The number of carbonyl (C=O) groups excluding carboxylic acids is 1. The van der Waals surface area contributed by atoms with Crippen LogP contribution in [-0.2, 0) is 4.74 Å². The zero-order valence-corrected chi connectivity index (χ0v) is 12.2. The fourth-order valence-electron chi connectivity index (χ4n) is 2.85. The van der Waals surface area contributed by atoms with Crippen molar-refractivity contribution in [3.63, 3.8) is 0 Å². The zero-order chi connectivity index (χ0) is 13.4. The maximum absolute atomic E-state index is 12.4. The predicted molar refractivity (Wildman–Crippen MR) is 73.5 cm³/mol. The SMILES string of the molecule is Cc1nc(C(=O)N2C[C@@H]3CN(C)CCO[C@@H]3C2)cs1. The van der Waals surface area contributed by atoms with E-state index in [1.54, 1.807) is 0 Å². The highest BCUT2D eigenvalue weighted by atomic mass is 32.1. The maximum atomic E-state index is 12.4. The Kier molecular flexibility index (Phi) is 3.56. The second-order valence-corrected chi connectivity index (χ2v) is 6.46. The van der Waals surface area contributed by atoms with Crippen LogP contribution in [0, 0.1) is 12.8 Å². The van der Waals surface area contributed by atoms with Crippen LogP contribution in [0.2, 0.25) is 0 Å². The molecule has 2 aliphatic rings.